The van der Waals surface area contributed by atoms with Gasteiger partial charge in [0.05, 0.1) is 6.04 Å². The first kappa shape index (κ1) is 20.4. The van der Waals surface area contributed by atoms with E-state index >= 15 is 0 Å². The van der Waals surface area contributed by atoms with E-state index in [0.717, 1.165) is 30.7 Å². The SMILES string of the molecule is CCC[C@@H]1C(=C=O)N(Cc2ccc(F)cc2)CCN1COc1ccc(Cl)cc1. The average molecular weight is 403 g/mol. The summed E-state index contributed by atoms with van der Waals surface area (Å²) in [4.78, 5) is 16.0. The molecule has 1 fully saturated rings. The fourth-order valence-corrected chi connectivity index (χ4v) is 3.58. The van der Waals surface area contributed by atoms with Gasteiger partial charge >= 0.3 is 0 Å². The Morgan fingerprint density at radius 2 is 1.86 bits per heavy atom. The van der Waals surface area contributed by atoms with Gasteiger partial charge in [-0.15, -0.1) is 0 Å². The summed E-state index contributed by atoms with van der Waals surface area (Å²) in [6.45, 7) is 4.51. The van der Waals surface area contributed by atoms with Gasteiger partial charge in [-0.3, -0.25) is 4.90 Å². The lowest BCUT2D eigenvalue weighted by Crippen LogP contribution is -2.52. The van der Waals surface area contributed by atoms with Crippen molar-refractivity contribution in [2.24, 2.45) is 0 Å². The molecule has 1 atom stereocenters. The first-order valence-corrected chi connectivity index (χ1v) is 9.85. The Morgan fingerprint density at radius 3 is 2.50 bits per heavy atom. The Kier molecular flexibility index (Phi) is 7.10. The molecule has 0 spiro atoms. The molecule has 2 aromatic carbocycles. The maximum atomic E-state index is 13.2. The number of piperazine rings is 1. The van der Waals surface area contributed by atoms with E-state index in [1.54, 1.807) is 24.3 Å². The molecule has 3 rings (SSSR count). The molecule has 0 radical (unpaired) electrons. The molecule has 1 aliphatic heterocycles. The molecule has 6 heteroatoms. The summed E-state index contributed by atoms with van der Waals surface area (Å²) in [5.41, 5.74) is 1.60. The second-order valence-corrected chi connectivity index (χ2v) is 7.32. The lowest BCUT2D eigenvalue weighted by molar-refractivity contribution is 0.0441. The highest BCUT2D eigenvalue weighted by Gasteiger charge is 2.32. The molecule has 28 heavy (non-hydrogen) atoms. The van der Waals surface area contributed by atoms with Gasteiger partial charge in [0.2, 0.25) is 0 Å². The van der Waals surface area contributed by atoms with Crippen LogP contribution in [0, 0.1) is 5.82 Å². The number of ether oxygens (including phenoxy) is 1. The van der Waals surface area contributed by atoms with Crippen LogP contribution in [0.4, 0.5) is 4.39 Å². The summed E-state index contributed by atoms with van der Waals surface area (Å²) in [5.74, 6) is 2.64. The molecule has 0 bridgehead atoms. The normalized spacial score (nSPS) is 17.5. The third-order valence-corrected chi connectivity index (χ3v) is 5.17. The van der Waals surface area contributed by atoms with Crippen molar-refractivity contribution >= 4 is 17.5 Å². The monoisotopic (exact) mass is 402 g/mol. The minimum Gasteiger partial charge on any atom is -0.478 e. The van der Waals surface area contributed by atoms with Crippen LogP contribution in [0.25, 0.3) is 0 Å². The number of hydrogen-bond donors (Lipinski definition) is 0. The first-order valence-electron chi connectivity index (χ1n) is 9.47. The minimum absolute atomic E-state index is 0.0519. The van der Waals surface area contributed by atoms with Gasteiger partial charge in [0.1, 0.15) is 29.9 Å². The van der Waals surface area contributed by atoms with E-state index in [0.29, 0.717) is 30.5 Å². The molecule has 1 heterocycles. The number of carbonyl (C=O) groups excluding carboxylic acids is 1. The summed E-state index contributed by atoms with van der Waals surface area (Å²) >= 11 is 5.92. The van der Waals surface area contributed by atoms with Crippen molar-refractivity contribution in [2.75, 3.05) is 19.8 Å². The second-order valence-electron chi connectivity index (χ2n) is 6.88. The van der Waals surface area contributed by atoms with Crippen LogP contribution in [0.1, 0.15) is 25.3 Å². The summed E-state index contributed by atoms with van der Waals surface area (Å²) in [6, 6.07) is 13.6. The van der Waals surface area contributed by atoms with Crippen LogP contribution < -0.4 is 4.74 Å². The maximum absolute atomic E-state index is 13.2. The standard InChI is InChI=1S/C22H24ClFN2O2/c1-2-3-21-22(15-27)25(14-17-4-8-19(24)9-5-17)12-13-26(21)16-28-20-10-6-18(23)7-11-20/h4-11,21H,2-3,12-14,16H2,1H3/t21-/m1/s1. The Hall–Kier alpha value is -2.33. The molecule has 1 saturated heterocycles. The zero-order chi connectivity index (χ0) is 19.9. The van der Waals surface area contributed by atoms with Crippen LogP contribution >= 0.6 is 11.6 Å². The third kappa shape index (κ3) is 5.14. The summed E-state index contributed by atoms with van der Waals surface area (Å²) in [7, 11) is 0. The highest BCUT2D eigenvalue weighted by molar-refractivity contribution is 6.30. The summed E-state index contributed by atoms with van der Waals surface area (Å²) in [5, 5.41) is 0.664. The minimum atomic E-state index is -0.261. The van der Waals surface area contributed by atoms with E-state index in [-0.39, 0.29) is 11.9 Å². The van der Waals surface area contributed by atoms with Gasteiger partial charge < -0.3 is 9.64 Å². The number of halogens is 2. The Bertz CT molecular complexity index is 819. The van der Waals surface area contributed by atoms with E-state index < -0.39 is 0 Å². The van der Waals surface area contributed by atoms with E-state index in [2.05, 4.69) is 17.8 Å². The molecule has 0 aliphatic carbocycles. The Labute approximate surface area is 170 Å². The van der Waals surface area contributed by atoms with E-state index in [1.165, 1.54) is 12.1 Å². The molecule has 0 N–H and O–H groups in total. The zero-order valence-corrected chi connectivity index (χ0v) is 16.7. The molecule has 0 saturated carbocycles. The van der Waals surface area contributed by atoms with E-state index in [1.807, 2.05) is 17.0 Å². The van der Waals surface area contributed by atoms with Crippen molar-refractivity contribution in [1.29, 1.82) is 0 Å². The smallest absolute Gasteiger partial charge is 0.147 e. The molecule has 0 amide bonds. The van der Waals surface area contributed by atoms with Crippen molar-refractivity contribution < 1.29 is 13.9 Å². The molecule has 1 aliphatic rings. The van der Waals surface area contributed by atoms with E-state index in [9.17, 15) is 9.18 Å². The first-order chi connectivity index (χ1) is 13.6. The van der Waals surface area contributed by atoms with Crippen molar-refractivity contribution in [2.45, 2.75) is 32.4 Å². The second kappa shape index (κ2) is 9.74. The van der Waals surface area contributed by atoms with Gasteiger partial charge in [0.15, 0.2) is 0 Å². The van der Waals surface area contributed by atoms with Crippen molar-refractivity contribution in [3.63, 3.8) is 0 Å². The van der Waals surface area contributed by atoms with Gasteiger partial charge in [0.25, 0.3) is 0 Å². The van der Waals surface area contributed by atoms with Gasteiger partial charge in [-0.25, -0.2) is 9.18 Å². The predicted molar refractivity (Wildman–Crippen MR) is 108 cm³/mol. The van der Waals surface area contributed by atoms with Gasteiger partial charge in [-0.1, -0.05) is 37.1 Å². The maximum Gasteiger partial charge on any atom is 0.147 e. The van der Waals surface area contributed by atoms with Crippen LogP contribution in [0.3, 0.4) is 0 Å². The predicted octanol–water partition coefficient (Wildman–Crippen LogP) is 4.52. The number of rotatable bonds is 7. The highest BCUT2D eigenvalue weighted by atomic mass is 35.5. The third-order valence-electron chi connectivity index (χ3n) is 4.92. The molecule has 4 nitrogen and oxygen atoms in total. The number of hydrogen-bond acceptors (Lipinski definition) is 4. The molecule has 2 aromatic rings. The van der Waals surface area contributed by atoms with Gasteiger partial charge in [-0.2, -0.15) is 0 Å². The molecular formula is C22H24ClFN2O2. The lowest BCUT2D eigenvalue weighted by atomic mass is 10.0. The average Bonchev–Trinajstić information content (AvgIpc) is 2.70. The Balaban J connectivity index is 1.69. The van der Waals surface area contributed by atoms with Gasteiger partial charge in [0, 0.05) is 24.7 Å². The molecular weight excluding hydrogens is 379 g/mol. The van der Waals surface area contributed by atoms with Gasteiger partial charge in [-0.05, 0) is 48.4 Å². The number of benzene rings is 2. The molecule has 0 aromatic heterocycles. The highest BCUT2D eigenvalue weighted by Crippen LogP contribution is 2.25. The van der Waals surface area contributed by atoms with Crippen LogP contribution in [-0.4, -0.2) is 41.6 Å². The molecule has 148 valence electrons. The van der Waals surface area contributed by atoms with Crippen molar-refractivity contribution in [1.82, 2.24) is 9.80 Å². The number of nitrogens with zero attached hydrogens (tertiary/aromatic N) is 2. The quantitative estimate of drug-likeness (QED) is 0.637. The lowest BCUT2D eigenvalue weighted by Gasteiger charge is -2.42. The van der Waals surface area contributed by atoms with Crippen LogP contribution in [0.15, 0.2) is 54.2 Å². The topological polar surface area (TPSA) is 32.8 Å². The fourth-order valence-electron chi connectivity index (χ4n) is 3.45. The van der Waals surface area contributed by atoms with E-state index in [4.69, 9.17) is 16.3 Å². The van der Waals surface area contributed by atoms with Crippen molar-refractivity contribution in [3.8, 4) is 5.75 Å². The van der Waals surface area contributed by atoms with Crippen LogP contribution in [0.5, 0.6) is 5.75 Å². The molecule has 0 unspecified atom stereocenters. The largest absolute Gasteiger partial charge is 0.478 e. The Morgan fingerprint density at radius 1 is 1.14 bits per heavy atom. The zero-order valence-electron chi connectivity index (χ0n) is 15.9. The van der Waals surface area contributed by atoms with Crippen LogP contribution in [0.2, 0.25) is 5.02 Å². The summed E-state index contributed by atoms with van der Waals surface area (Å²) in [6.07, 6.45) is 1.78. The van der Waals surface area contributed by atoms with Crippen LogP contribution in [-0.2, 0) is 11.3 Å². The summed E-state index contributed by atoms with van der Waals surface area (Å²) < 4.78 is 19.1. The fraction of sp³-hybridized carbons (Fsp3) is 0.364. The van der Waals surface area contributed by atoms with Crippen molar-refractivity contribution in [3.05, 3.63) is 70.6 Å².